The highest BCUT2D eigenvalue weighted by atomic mass is 127. The van der Waals surface area contributed by atoms with E-state index in [4.69, 9.17) is 4.52 Å². The van der Waals surface area contributed by atoms with Crippen molar-refractivity contribution in [2.24, 2.45) is 4.99 Å². The average molecular weight is 512 g/mol. The van der Waals surface area contributed by atoms with E-state index in [1.807, 2.05) is 7.05 Å². The van der Waals surface area contributed by atoms with Gasteiger partial charge in [0.05, 0.1) is 0 Å². The molecule has 7 nitrogen and oxygen atoms in total. The molecule has 0 amide bonds. The molecule has 0 saturated carbocycles. The summed E-state index contributed by atoms with van der Waals surface area (Å²) in [5.41, 5.74) is 1.38. The molecule has 0 radical (unpaired) electrons. The van der Waals surface area contributed by atoms with Crippen molar-refractivity contribution in [3.8, 4) is 0 Å². The summed E-state index contributed by atoms with van der Waals surface area (Å²) in [6, 6.07) is 11.1. The van der Waals surface area contributed by atoms with E-state index >= 15 is 0 Å². The average Bonchev–Trinajstić information content (AvgIpc) is 3.19. The fourth-order valence-electron chi connectivity index (χ4n) is 3.36. The number of piperidine rings is 1. The third-order valence-electron chi connectivity index (χ3n) is 5.03. The molecular formula is C21H33IN6O. The van der Waals surface area contributed by atoms with Crippen molar-refractivity contribution < 1.29 is 4.52 Å². The molecule has 1 aromatic heterocycles. The van der Waals surface area contributed by atoms with Crippen molar-refractivity contribution in [3.05, 3.63) is 47.6 Å². The minimum absolute atomic E-state index is 0. The van der Waals surface area contributed by atoms with Crippen molar-refractivity contribution >= 4 is 29.9 Å². The Hall–Kier alpha value is -1.68. The van der Waals surface area contributed by atoms with Crippen LogP contribution in [0.2, 0.25) is 0 Å². The minimum Gasteiger partial charge on any atom is -0.356 e. The van der Waals surface area contributed by atoms with Crippen molar-refractivity contribution in [1.29, 1.82) is 0 Å². The Balaban J connectivity index is 0.00000300. The van der Waals surface area contributed by atoms with Gasteiger partial charge in [0, 0.05) is 51.6 Å². The highest BCUT2D eigenvalue weighted by Gasteiger charge is 2.20. The number of likely N-dealkylation sites (tertiary alicyclic amines) is 1. The maximum absolute atomic E-state index is 5.29. The van der Waals surface area contributed by atoms with Crippen molar-refractivity contribution in [2.45, 2.75) is 51.6 Å². The van der Waals surface area contributed by atoms with Crippen LogP contribution in [-0.4, -0.2) is 53.7 Å². The maximum atomic E-state index is 5.29. The molecule has 2 heterocycles. The summed E-state index contributed by atoms with van der Waals surface area (Å²) >= 11 is 0. The Morgan fingerprint density at radius 1 is 1.24 bits per heavy atom. The largest absolute Gasteiger partial charge is 0.356 e. The predicted molar refractivity (Wildman–Crippen MR) is 127 cm³/mol. The summed E-state index contributed by atoms with van der Waals surface area (Å²) in [5.74, 6) is 2.55. The molecule has 0 bridgehead atoms. The molecule has 8 heteroatoms. The van der Waals surface area contributed by atoms with Crippen LogP contribution in [0.25, 0.3) is 0 Å². The second-order valence-corrected chi connectivity index (χ2v) is 7.63. The number of nitrogens with zero attached hydrogens (tertiary/aromatic N) is 4. The lowest BCUT2D eigenvalue weighted by Gasteiger charge is -2.33. The first kappa shape index (κ1) is 23.6. The molecule has 0 unspecified atom stereocenters. The highest BCUT2D eigenvalue weighted by molar-refractivity contribution is 14.0. The number of aliphatic imine (C=N–C) groups is 1. The Kier molecular flexibility index (Phi) is 9.86. The van der Waals surface area contributed by atoms with Gasteiger partial charge in [-0.1, -0.05) is 49.3 Å². The maximum Gasteiger partial charge on any atom is 0.228 e. The van der Waals surface area contributed by atoms with Gasteiger partial charge < -0.3 is 15.2 Å². The zero-order valence-corrected chi connectivity index (χ0v) is 19.9. The number of halogens is 1. The van der Waals surface area contributed by atoms with Crippen LogP contribution in [0.1, 0.15) is 49.9 Å². The van der Waals surface area contributed by atoms with Gasteiger partial charge in [-0.05, 0) is 18.4 Å². The van der Waals surface area contributed by atoms with Crippen LogP contribution in [-0.2, 0) is 13.0 Å². The summed E-state index contributed by atoms with van der Waals surface area (Å²) < 4.78 is 5.29. The predicted octanol–water partition coefficient (Wildman–Crippen LogP) is 3.18. The van der Waals surface area contributed by atoms with E-state index in [0.29, 0.717) is 24.9 Å². The minimum atomic E-state index is 0. The normalized spacial score (nSPS) is 15.9. The standard InChI is InChI=1S/C21H32N6O.HI/c1-16(2)20-25-19(28-26-20)9-12-23-21(22-3)24-18-10-13-27(14-11-18)15-17-7-5-4-6-8-17;/h4-8,16,18H,9-15H2,1-3H3,(H2,22,23,24);1H. The van der Waals surface area contributed by atoms with Crippen LogP contribution in [0.15, 0.2) is 39.8 Å². The molecule has 2 aromatic rings. The molecule has 1 aromatic carbocycles. The van der Waals surface area contributed by atoms with Gasteiger partial charge in [-0.15, -0.1) is 24.0 Å². The Morgan fingerprint density at radius 3 is 2.59 bits per heavy atom. The Bertz CT molecular complexity index is 741. The van der Waals surface area contributed by atoms with E-state index in [1.165, 1.54) is 5.56 Å². The number of aromatic nitrogens is 2. The number of rotatable bonds is 7. The van der Waals surface area contributed by atoms with E-state index in [1.54, 1.807) is 0 Å². The molecule has 1 saturated heterocycles. The second-order valence-electron chi connectivity index (χ2n) is 7.63. The summed E-state index contributed by atoms with van der Waals surface area (Å²) in [6.45, 7) is 8.07. The SMILES string of the molecule is CN=C(NCCc1nc(C(C)C)no1)NC1CCN(Cc2ccccc2)CC1.I. The zero-order valence-electron chi connectivity index (χ0n) is 17.6. The smallest absolute Gasteiger partial charge is 0.228 e. The van der Waals surface area contributed by atoms with Crippen LogP contribution >= 0.6 is 24.0 Å². The molecule has 160 valence electrons. The van der Waals surface area contributed by atoms with E-state index in [2.05, 4.69) is 74.8 Å². The van der Waals surface area contributed by atoms with Crippen LogP contribution in [0.4, 0.5) is 0 Å². The van der Waals surface area contributed by atoms with Crippen molar-refractivity contribution in [2.75, 3.05) is 26.7 Å². The number of guanidine groups is 1. The Labute approximate surface area is 190 Å². The lowest BCUT2D eigenvalue weighted by atomic mass is 10.0. The Morgan fingerprint density at radius 2 is 1.97 bits per heavy atom. The fourth-order valence-corrected chi connectivity index (χ4v) is 3.36. The van der Waals surface area contributed by atoms with Gasteiger partial charge in [-0.2, -0.15) is 4.98 Å². The van der Waals surface area contributed by atoms with Gasteiger partial charge in [0.2, 0.25) is 5.89 Å². The van der Waals surface area contributed by atoms with E-state index in [-0.39, 0.29) is 29.9 Å². The van der Waals surface area contributed by atoms with Gasteiger partial charge in [0.1, 0.15) is 0 Å². The van der Waals surface area contributed by atoms with E-state index in [0.717, 1.165) is 44.3 Å². The van der Waals surface area contributed by atoms with E-state index in [9.17, 15) is 0 Å². The van der Waals surface area contributed by atoms with Gasteiger partial charge in [-0.25, -0.2) is 0 Å². The quantitative estimate of drug-likeness (QED) is 0.337. The molecule has 3 rings (SSSR count). The molecule has 0 aliphatic carbocycles. The van der Waals surface area contributed by atoms with Crippen molar-refractivity contribution in [3.63, 3.8) is 0 Å². The zero-order chi connectivity index (χ0) is 19.8. The number of hydrogen-bond acceptors (Lipinski definition) is 5. The summed E-state index contributed by atoms with van der Waals surface area (Å²) in [6.07, 6.45) is 2.93. The van der Waals surface area contributed by atoms with Gasteiger partial charge in [-0.3, -0.25) is 9.89 Å². The highest BCUT2D eigenvalue weighted by Crippen LogP contribution is 2.14. The molecular weight excluding hydrogens is 479 g/mol. The fraction of sp³-hybridized carbons (Fsp3) is 0.571. The van der Waals surface area contributed by atoms with Crippen LogP contribution in [0, 0.1) is 0 Å². The molecule has 1 aliphatic rings. The lowest BCUT2D eigenvalue weighted by Crippen LogP contribution is -2.48. The van der Waals surface area contributed by atoms with E-state index < -0.39 is 0 Å². The van der Waals surface area contributed by atoms with Crippen LogP contribution in [0.5, 0.6) is 0 Å². The van der Waals surface area contributed by atoms with Crippen LogP contribution in [0.3, 0.4) is 0 Å². The molecule has 1 fully saturated rings. The first-order valence-corrected chi connectivity index (χ1v) is 10.2. The van der Waals surface area contributed by atoms with Crippen molar-refractivity contribution in [1.82, 2.24) is 25.7 Å². The van der Waals surface area contributed by atoms with Gasteiger partial charge in [0.15, 0.2) is 11.8 Å². The first-order valence-electron chi connectivity index (χ1n) is 10.2. The molecule has 0 spiro atoms. The van der Waals surface area contributed by atoms with Gasteiger partial charge >= 0.3 is 0 Å². The van der Waals surface area contributed by atoms with Gasteiger partial charge in [0.25, 0.3) is 0 Å². The second kappa shape index (κ2) is 12.1. The first-order chi connectivity index (χ1) is 13.6. The molecule has 1 aliphatic heterocycles. The topological polar surface area (TPSA) is 78.6 Å². The summed E-state index contributed by atoms with van der Waals surface area (Å²) in [5, 5.41) is 10.9. The monoisotopic (exact) mass is 512 g/mol. The third-order valence-corrected chi connectivity index (χ3v) is 5.03. The molecule has 29 heavy (non-hydrogen) atoms. The molecule has 2 N–H and O–H groups in total. The summed E-state index contributed by atoms with van der Waals surface area (Å²) in [7, 11) is 1.81. The van der Waals surface area contributed by atoms with Crippen LogP contribution < -0.4 is 10.6 Å². The number of benzene rings is 1. The number of nitrogens with one attached hydrogen (secondary N) is 2. The number of hydrogen-bond donors (Lipinski definition) is 2. The molecule has 0 atom stereocenters. The summed E-state index contributed by atoms with van der Waals surface area (Å²) in [4.78, 5) is 11.3. The lowest BCUT2D eigenvalue weighted by molar-refractivity contribution is 0.198. The third kappa shape index (κ3) is 7.58.